The fourth-order valence-electron chi connectivity index (χ4n) is 2.11. The van der Waals surface area contributed by atoms with E-state index in [1.54, 1.807) is 0 Å². The summed E-state index contributed by atoms with van der Waals surface area (Å²) in [5.74, 6) is 0.750. The van der Waals surface area contributed by atoms with Gasteiger partial charge in [0, 0.05) is 11.1 Å². The molecular formula is C14H13BO3. The van der Waals surface area contributed by atoms with Gasteiger partial charge >= 0.3 is 7.12 Å². The van der Waals surface area contributed by atoms with Crippen LogP contribution < -0.4 is 10.1 Å². The fraction of sp³-hybridized carbons (Fsp3) is 0.143. The van der Waals surface area contributed by atoms with Gasteiger partial charge in [-0.1, -0.05) is 48.5 Å². The first-order chi connectivity index (χ1) is 8.88. The van der Waals surface area contributed by atoms with Gasteiger partial charge in [0.2, 0.25) is 0 Å². The second-order valence-electron chi connectivity index (χ2n) is 4.23. The third-order valence-corrected chi connectivity index (χ3v) is 3.04. The Hall–Kier alpha value is -1.78. The van der Waals surface area contributed by atoms with Crippen molar-refractivity contribution < 1.29 is 14.4 Å². The third kappa shape index (κ3) is 2.01. The van der Waals surface area contributed by atoms with Gasteiger partial charge in [0.15, 0.2) is 0 Å². The van der Waals surface area contributed by atoms with Crippen LogP contribution in [0.1, 0.15) is 11.1 Å². The van der Waals surface area contributed by atoms with Crippen molar-refractivity contribution in [3.05, 3.63) is 59.7 Å². The van der Waals surface area contributed by atoms with Crippen LogP contribution in [-0.4, -0.2) is 12.2 Å². The van der Waals surface area contributed by atoms with Crippen LogP contribution in [0.4, 0.5) is 0 Å². The highest BCUT2D eigenvalue weighted by Crippen LogP contribution is 2.29. The Morgan fingerprint density at radius 2 is 1.89 bits per heavy atom. The molecule has 0 amide bonds. The molecule has 0 saturated heterocycles. The van der Waals surface area contributed by atoms with E-state index in [2.05, 4.69) is 0 Å². The summed E-state index contributed by atoms with van der Waals surface area (Å²) in [6.45, 7) is 0.480. The number of para-hydroxylation sites is 1. The molecular weight excluding hydrogens is 227 g/mol. The van der Waals surface area contributed by atoms with E-state index >= 15 is 0 Å². The van der Waals surface area contributed by atoms with Gasteiger partial charge in [0.05, 0.1) is 13.2 Å². The molecule has 90 valence electrons. The summed E-state index contributed by atoms with van der Waals surface area (Å²) in [5.41, 5.74) is 2.77. The van der Waals surface area contributed by atoms with Crippen molar-refractivity contribution in [3.63, 3.8) is 0 Å². The second-order valence-corrected chi connectivity index (χ2v) is 4.23. The maximum absolute atomic E-state index is 9.33. The lowest BCUT2D eigenvalue weighted by molar-refractivity contribution is 0.230. The number of rotatable bonds is 2. The maximum atomic E-state index is 9.33. The van der Waals surface area contributed by atoms with E-state index in [0.717, 1.165) is 22.3 Å². The zero-order chi connectivity index (χ0) is 12.4. The van der Waals surface area contributed by atoms with Crippen molar-refractivity contribution in [1.82, 2.24) is 0 Å². The largest absolute Gasteiger partial charge is 0.563 e. The molecule has 0 aromatic heterocycles. The number of hydrogen-bond donors (Lipinski definition) is 1. The first-order valence-electron chi connectivity index (χ1n) is 5.93. The Bertz CT molecular complexity index is 528. The molecule has 0 bridgehead atoms. The first kappa shape index (κ1) is 11.3. The predicted molar refractivity (Wildman–Crippen MR) is 69.6 cm³/mol. The molecule has 4 heteroatoms. The van der Waals surface area contributed by atoms with Gasteiger partial charge in [0.25, 0.3) is 0 Å². The van der Waals surface area contributed by atoms with Crippen LogP contribution in [0.15, 0.2) is 48.5 Å². The predicted octanol–water partition coefficient (Wildman–Crippen LogP) is 1.48. The fourth-order valence-corrected chi connectivity index (χ4v) is 2.11. The molecule has 18 heavy (non-hydrogen) atoms. The van der Waals surface area contributed by atoms with Gasteiger partial charge in [0.1, 0.15) is 5.75 Å². The Kier molecular flexibility index (Phi) is 3.05. The van der Waals surface area contributed by atoms with Gasteiger partial charge in [-0.05, 0) is 5.46 Å². The van der Waals surface area contributed by atoms with E-state index in [9.17, 15) is 5.11 Å². The van der Waals surface area contributed by atoms with Gasteiger partial charge in [-0.2, -0.15) is 0 Å². The van der Waals surface area contributed by atoms with Gasteiger partial charge < -0.3 is 14.4 Å². The van der Waals surface area contributed by atoms with Crippen molar-refractivity contribution in [1.29, 1.82) is 0 Å². The number of benzene rings is 2. The van der Waals surface area contributed by atoms with Crippen LogP contribution in [-0.2, 0) is 17.9 Å². The molecule has 1 aliphatic rings. The van der Waals surface area contributed by atoms with Gasteiger partial charge in [-0.25, -0.2) is 0 Å². The van der Waals surface area contributed by atoms with Crippen LogP contribution in [0.2, 0.25) is 0 Å². The first-order valence-corrected chi connectivity index (χ1v) is 5.93. The molecule has 0 saturated carbocycles. The summed E-state index contributed by atoms with van der Waals surface area (Å²) in [7, 11) is -0.397. The Labute approximate surface area is 106 Å². The molecule has 2 aromatic rings. The molecule has 2 aromatic carbocycles. The van der Waals surface area contributed by atoms with Crippen LogP contribution in [0.25, 0.3) is 0 Å². The monoisotopic (exact) mass is 240 g/mol. The second kappa shape index (κ2) is 4.84. The molecule has 1 heterocycles. The molecule has 3 nitrogen and oxygen atoms in total. The minimum absolute atomic E-state index is 0.0231. The third-order valence-electron chi connectivity index (χ3n) is 3.04. The maximum Gasteiger partial charge on any atom is 0.563 e. The van der Waals surface area contributed by atoms with Gasteiger partial charge in [-0.3, -0.25) is 0 Å². The van der Waals surface area contributed by atoms with Gasteiger partial charge in [-0.15, -0.1) is 0 Å². The molecule has 1 aliphatic heterocycles. The SMILES string of the molecule is OCc1cccc2c1OB(c1ccccc1)OC2. The molecule has 0 atom stereocenters. The van der Waals surface area contributed by atoms with Crippen LogP contribution >= 0.6 is 0 Å². The van der Waals surface area contributed by atoms with E-state index in [1.807, 2.05) is 48.5 Å². The number of fused-ring (bicyclic) bond motifs is 1. The molecule has 0 fully saturated rings. The summed E-state index contributed by atoms with van der Waals surface area (Å²) in [6, 6.07) is 15.5. The minimum Gasteiger partial charge on any atom is -0.532 e. The minimum atomic E-state index is -0.397. The summed E-state index contributed by atoms with van der Waals surface area (Å²) in [5, 5.41) is 9.33. The van der Waals surface area contributed by atoms with Crippen LogP contribution in [0.5, 0.6) is 5.75 Å². The van der Waals surface area contributed by atoms with Crippen LogP contribution in [0, 0.1) is 0 Å². The van der Waals surface area contributed by atoms with Crippen molar-refractivity contribution in [2.45, 2.75) is 13.2 Å². The summed E-state index contributed by atoms with van der Waals surface area (Å²) >= 11 is 0. The standard InChI is InChI=1S/C14H13BO3/c16-9-11-5-4-6-12-10-17-15(18-14(11)12)13-7-2-1-3-8-13/h1-8,16H,9-10H2. The highest BCUT2D eigenvalue weighted by Gasteiger charge is 2.30. The highest BCUT2D eigenvalue weighted by atomic mass is 16.6. The average Bonchev–Trinajstić information content (AvgIpc) is 2.47. The summed E-state index contributed by atoms with van der Waals surface area (Å²) in [6.07, 6.45) is 0. The molecule has 0 radical (unpaired) electrons. The molecule has 0 unspecified atom stereocenters. The molecule has 1 N–H and O–H groups in total. The molecule has 3 rings (SSSR count). The van der Waals surface area contributed by atoms with E-state index in [4.69, 9.17) is 9.31 Å². The molecule has 0 spiro atoms. The van der Waals surface area contributed by atoms with E-state index in [0.29, 0.717) is 6.61 Å². The number of hydrogen-bond acceptors (Lipinski definition) is 3. The Morgan fingerprint density at radius 3 is 2.67 bits per heavy atom. The van der Waals surface area contributed by atoms with E-state index in [-0.39, 0.29) is 6.61 Å². The smallest absolute Gasteiger partial charge is 0.532 e. The quantitative estimate of drug-likeness (QED) is 0.808. The lowest BCUT2D eigenvalue weighted by Gasteiger charge is -2.25. The van der Waals surface area contributed by atoms with E-state index in [1.165, 1.54) is 0 Å². The Balaban J connectivity index is 1.93. The normalized spacial score (nSPS) is 13.9. The molecule has 0 aliphatic carbocycles. The van der Waals surface area contributed by atoms with Crippen LogP contribution in [0.3, 0.4) is 0 Å². The zero-order valence-corrected chi connectivity index (χ0v) is 9.87. The topological polar surface area (TPSA) is 38.7 Å². The van der Waals surface area contributed by atoms with Crippen molar-refractivity contribution >= 4 is 12.6 Å². The van der Waals surface area contributed by atoms with Crippen molar-refractivity contribution in [2.24, 2.45) is 0 Å². The van der Waals surface area contributed by atoms with Crippen molar-refractivity contribution in [2.75, 3.05) is 0 Å². The lowest BCUT2D eigenvalue weighted by atomic mass is 9.77. The van der Waals surface area contributed by atoms with E-state index < -0.39 is 7.12 Å². The van der Waals surface area contributed by atoms with Crippen molar-refractivity contribution in [3.8, 4) is 5.75 Å². The summed E-state index contributed by atoms with van der Waals surface area (Å²) in [4.78, 5) is 0. The number of aliphatic hydroxyl groups is 1. The summed E-state index contributed by atoms with van der Waals surface area (Å²) < 4.78 is 11.5. The zero-order valence-electron chi connectivity index (χ0n) is 9.87. The lowest BCUT2D eigenvalue weighted by Crippen LogP contribution is -2.42. The Morgan fingerprint density at radius 1 is 1.06 bits per heavy atom. The highest BCUT2D eigenvalue weighted by molar-refractivity contribution is 6.62. The number of aliphatic hydroxyl groups excluding tert-OH is 1. The average molecular weight is 240 g/mol.